The van der Waals surface area contributed by atoms with E-state index in [2.05, 4.69) is 6.08 Å². The molecule has 1 heterocycles. The summed E-state index contributed by atoms with van der Waals surface area (Å²) in [5, 5.41) is 11.2. The van der Waals surface area contributed by atoms with Crippen LogP contribution in [0.4, 0.5) is 4.79 Å². The lowest BCUT2D eigenvalue weighted by Crippen LogP contribution is -2.27. The van der Waals surface area contributed by atoms with Crippen LogP contribution in [0.15, 0.2) is 71.8 Å². The lowest BCUT2D eigenvalue weighted by atomic mass is 9.93. The molecule has 1 aromatic heterocycles. The molecule has 0 aliphatic heterocycles. The number of ether oxygens (including phenoxy) is 1. The molecule has 0 amide bonds. The molecular weight excluding hydrogens is 597 g/mol. The molecule has 4 aromatic rings. The topological polar surface area (TPSA) is 85.6 Å². The molecule has 0 bridgehead atoms. The zero-order chi connectivity index (χ0) is 31.3. The number of carboxylic acid groups (broad SMARTS) is 1. The second-order valence-electron chi connectivity index (χ2n) is 12.3. The summed E-state index contributed by atoms with van der Waals surface area (Å²) in [7, 11) is 0. The number of carbonyl (C=O) groups excluding carboxylic acids is 2. The van der Waals surface area contributed by atoms with Crippen molar-refractivity contribution in [2.24, 2.45) is 0 Å². The summed E-state index contributed by atoms with van der Waals surface area (Å²) < 4.78 is 7.35. The van der Waals surface area contributed by atoms with Crippen molar-refractivity contribution in [2.45, 2.75) is 58.5 Å². The van der Waals surface area contributed by atoms with E-state index in [1.54, 1.807) is 10.6 Å². The number of hydrogen-bond acceptors (Lipinski definition) is 4. The fourth-order valence-electron chi connectivity index (χ4n) is 6.10. The monoisotopic (exact) mass is 627 g/mol. The third-order valence-corrected chi connectivity index (χ3v) is 8.43. The Morgan fingerprint density at radius 3 is 2.39 bits per heavy atom. The standard InChI is InChI=1S/C36H31Cl2NO5/c1-36(2,3)44-35(43)39-30-12-10-27(38)17-25(30)19-31(39)21-8-11-28-24(14-21)18-29(34(28)32(40)5-4-6-33(41)42)23-13-20-7-9-26(37)16-22(20)15-23/h7-12,14-17,19H,4-6,13,18H2,1-3H3,(H,41,42). The van der Waals surface area contributed by atoms with Crippen molar-refractivity contribution in [3.05, 3.63) is 104 Å². The Hall–Kier alpha value is -4.13. The number of fused-ring (bicyclic) bond motifs is 3. The number of aromatic nitrogens is 1. The fourth-order valence-corrected chi connectivity index (χ4v) is 6.47. The van der Waals surface area contributed by atoms with Gasteiger partial charge >= 0.3 is 12.1 Å². The molecule has 0 spiro atoms. The minimum Gasteiger partial charge on any atom is -0.481 e. The van der Waals surface area contributed by atoms with Crippen LogP contribution >= 0.6 is 23.2 Å². The fraction of sp³-hybridized carbons (Fsp3) is 0.250. The van der Waals surface area contributed by atoms with E-state index in [4.69, 9.17) is 33.0 Å². The first-order chi connectivity index (χ1) is 20.9. The Balaban J connectivity index is 1.43. The van der Waals surface area contributed by atoms with Gasteiger partial charge in [-0.05, 0) is 121 Å². The number of benzene rings is 3. The van der Waals surface area contributed by atoms with Gasteiger partial charge in [-0.1, -0.05) is 47.5 Å². The first-order valence-corrected chi connectivity index (χ1v) is 15.3. The van der Waals surface area contributed by atoms with Crippen LogP contribution in [0.25, 0.3) is 33.8 Å². The van der Waals surface area contributed by atoms with Gasteiger partial charge in [-0.25, -0.2) is 9.36 Å². The molecule has 44 heavy (non-hydrogen) atoms. The van der Waals surface area contributed by atoms with Gasteiger partial charge in [0.25, 0.3) is 0 Å². The summed E-state index contributed by atoms with van der Waals surface area (Å²) in [6.07, 6.45) is 3.17. The maximum absolute atomic E-state index is 13.7. The minimum atomic E-state index is -0.920. The van der Waals surface area contributed by atoms with E-state index in [9.17, 15) is 14.4 Å². The van der Waals surface area contributed by atoms with Crippen molar-refractivity contribution in [2.75, 3.05) is 0 Å². The van der Waals surface area contributed by atoms with Gasteiger partial charge in [0.2, 0.25) is 0 Å². The van der Waals surface area contributed by atoms with E-state index < -0.39 is 17.7 Å². The third-order valence-electron chi connectivity index (χ3n) is 7.96. The van der Waals surface area contributed by atoms with Crippen molar-refractivity contribution in [3.63, 3.8) is 0 Å². The number of allylic oxidation sites excluding steroid dienone is 3. The van der Waals surface area contributed by atoms with Gasteiger partial charge < -0.3 is 9.84 Å². The SMILES string of the molecule is CC(C)(C)OC(=O)n1c(-c2ccc3c(c2)CC(C2=Cc4cc(Cl)ccc4C2)=C3C(=O)CCCC(=O)O)cc2cc(Cl)ccc21. The van der Waals surface area contributed by atoms with Gasteiger partial charge in [-0.15, -0.1) is 0 Å². The Bertz CT molecular complexity index is 1940. The summed E-state index contributed by atoms with van der Waals surface area (Å²) in [5.74, 6) is -0.990. The molecule has 1 N–H and O–H groups in total. The highest BCUT2D eigenvalue weighted by Gasteiger charge is 2.31. The summed E-state index contributed by atoms with van der Waals surface area (Å²) >= 11 is 12.6. The number of Topliss-reactive ketones (excluding diaryl/α,β-unsaturated/α-hetero) is 1. The highest BCUT2D eigenvalue weighted by Crippen LogP contribution is 2.44. The summed E-state index contributed by atoms with van der Waals surface area (Å²) in [4.78, 5) is 38.3. The Kier molecular flexibility index (Phi) is 7.76. The Morgan fingerprint density at radius 1 is 0.886 bits per heavy atom. The molecule has 6 nitrogen and oxygen atoms in total. The van der Waals surface area contributed by atoms with E-state index >= 15 is 0 Å². The first-order valence-electron chi connectivity index (χ1n) is 14.5. The second-order valence-corrected chi connectivity index (χ2v) is 13.2. The Morgan fingerprint density at radius 2 is 1.64 bits per heavy atom. The molecule has 6 rings (SSSR count). The van der Waals surface area contributed by atoms with Gasteiger partial charge in [0.1, 0.15) is 5.60 Å². The number of hydrogen-bond donors (Lipinski definition) is 1. The maximum Gasteiger partial charge on any atom is 0.419 e. The number of nitrogens with zero attached hydrogens (tertiary/aromatic N) is 1. The highest BCUT2D eigenvalue weighted by atomic mass is 35.5. The van der Waals surface area contributed by atoms with Crippen LogP contribution in [-0.4, -0.2) is 33.1 Å². The molecule has 8 heteroatoms. The van der Waals surface area contributed by atoms with E-state index in [1.165, 1.54) is 0 Å². The van der Waals surface area contributed by atoms with Gasteiger partial charge in [0.15, 0.2) is 5.78 Å². The van der Waals surface area contributed by atoms with Gasteiger partial charge in [-0.2, -0.15) is 0 Å². The zero-order valence-electron chi connectivity index (χ0n) is 24.7. The molecular formula is C36H31Cl2NO5. The Labute approximate surface area is 265 Å². The largest absolute Gasteiger partial charge is 0.481 e. The van der Waals surface area contributed by atoms with Crippen LogP contribution in [0.5, 0.6) is 0 Å². The lowest BCUT2D eigenvalue weighted by Gasteiger charge is -2.21. The molecule has 0 saturated heterocycles. The van der Waals surface area contributed by atoms with Crippen molar-refractivity contribution < 1.29 is 24.2 Å². The maximum atomic E-state index is 13.7. The van der Waals surface area contributed by atoms with Crippen LogP contribution in [0.2, 0.25) is 10.0 Å². The molecule has 3 aromatic carbocycles. The number of ketones is 1. The number of aliphatic carboxylic acids is 1. The summed E-state index contributed by atoms with van der Waals surface area (Å²) in [6.45, 7) is 5.48. The number of carbonyl (C=O) groups is 3. The molecule has 0 fully saturated rings. The van der Waals surface area contributed by atoms with Gasteiger partial charge in [0.05, 0.1) is 11.2 Å². The van der Waals surface area contributed by atoms with E-state index in [0.717, 1.165) is 44.3 Å². The normalized spacial score (nSPS) is 14.1. The average Bonchev–Trinajstić information content (AvgIpc) is 3.63. The second kappa shape index (κ2) is 11.4. The third kappa shape index (κ3) is 5.84. The van der Waals surface area contributed by atoms with Crippen molar-refractivity contribution >= 4 is 63.6 Å². The van der Waals surface area contributed by atoms with Crippen LogP contribution < -0.4 is 0 Å². The van der Waals surface area contributed by atoms with E-state index in [-0.39, 0.29) is 25.0 Å². The van der Waals surface area contributed by atoms with Crippen molar-refractivity contribution in [1.82, 2.24) is 4.57 Å². The molecule has 0 atom stereocenters. The smallest absolute Gasteiger partial charge is 0.419 e. The molecule has 224 valence electrons. The van der Waals surface area contributed by atoms with Crippen LogP contribution in [0.3, 0.4) is 0 Å². The quantitative estimate of drug-likeness (QED) is 0.221. The number of carboxylic acids is 1. The van der Waals surface area contributed by atoms with Crippen LogP contribution in [-0.2, 0) is 27.2 Å². The summed E-state index contributed by atoms with van der Waals surface area (Å²) in [6, 6.07) is 19.0. The number of rotatable bonds is 7. The molecule has 0 unspecified atom stereocenters. The molecule has 2 aliphatic rings. The van der Waals surface area contributed by atoms with Crippen LogP contribution in [0.1, 0.15) is 62.3 Å². The minimum absolute atomic E-state index is 0.0635. The van der Waals surface area contributed by atoms with E-state index in [0.29, 0.717) is 39.7 Å². The van der Waals surface area contributed by atoms with Crippen molar-refractivity contribution in [1.29, 1.82) is 0 Å². The summed E-state index contributed by atoms with van der Waals surface area (Å²) in [5.41, 5.74) is 8.07. The predicted molar refractivity (Wildman–Crippen MR) is 174 cm³/mol. The first kappa shape index (κ1) is 29.9. The average molecular weight is 629 g/mol. The van der Waals surface area contributed by atoms with E-state index in [1.807, 2.05) is 75.4 Å². The lowest BCUT2D eigenvalue weighted by molar-refractivity contribution is -0.137. The van der Waals surface area contributed by atoms with Crippen LogP contribution in [0, 0.1) is 0 Å². The van der Waals surface area contributed by atoms with Gasteiger partial charge in [-0.3, -0.25) is 9.59 Å². The number of halogens is 2. The molecule has 0 radical (unpaired) electrons. The molecule has 0 saturated carbocycles. The predicted octanol–water partition coefficient (Wildman–Crippen LogP) is 9.17. The molecule has 2 aliphatic carbocycles. The highest BCUT2D eigenvalue weighted by molar-refractivity contribution is 6.31. The zero-order valence-corrected chi connectivity index (χ0v) is 26.2. The van der Waals surface area contributed by atoms with Gasteiger partial charge in [0, 0.05) is 33.8 Å². The van der Waals surface area contributed by atoms with Crippen molar-refractivity contribution in [3.8, 4) is 11.3 Å².